The number of benzene rings is 1. The van der Waals surface area contributed by atoms with Crippen LogP contribution in [0.2, 0.25) is 0 Å². The van der Waals surface area contributed by atoms with Crippen LogP contribution in [0, 0.1) is 0 Å². The van der Waals surface area contributed by atoms with Crippen molar-refractivity contribution in [1.29, 1.82) is 0 Å². The van der Waals surface area contributed by atoms with Gasteiger partial charge in [0.15, 0.2) is 0 Å². The van der Waals surface area contributed by atoms with Gasteiger partial charge in [0.05, 0.1) is 5.52 Å². The van der Waals surface area contributed by atoms with Crippen molar-refractivity contribution in [3.8, 4) is 11.3 Å². The molecule has 1 aromatic carbocycles. The number of aryl methyl sites for hydroxylation is 1. The van der Waals surface area contributed by atoms with Crippen molar-refractivity contribution >= 4 is 26.8 Å². The SMILES string of the molecule is NCCCCc1c(-c2ccncc2)[nH]c2c(Br)cccc12. The molecule has 0 saturated heterocycles. The summed E-state index contributed by atoms with van der Waals surface area (Å²) in [5.41, 5.74) is 10.5. The van der Waals surface area contributed by atoms with Crippen LogP contribution in [0.3, 0.4) is 0 Å². The monoisotopic (exact) mass is 343 g/mol. The summed E-state index contributed by atoms with van der Waals surface area (Å²) in [7, 11) is 0. The minimum Gasteiger partial charge on any atom is -0.353 e. The first-order valence-corrected chi connectivity index (χ1v) is 8.00. The molecule has 0 atom stereocenters. The van der Waals surface area contributed by atoms with E-state index in [1.54, 1.807) is 0 Å². The Morgan fingerprint density at radius 3 is 2.67 bits per heavy atom. The third-order valence-corrected chi connectivity index (χ3v) is 4.40. The molecule has 2 heterocycles. The molecule has 0 spiro atoms. The zero-order valence-corrected chi connectivity index (χ0v) is 13.4. The van der Waals surface area contributed by atoms with Crippen LogP contribution < -0.4 is 5.73 Å². The highest BCUT2D eigenvalue weighted by molar-refractivity contribution is 9.10. The average molecular weight is 344 g/mol. The fourth-order valence-electron chi connectivity index (χ4n) is 2.71. The quantitative estimate of drug-likeness (QED) is 0.679. The molecule has 3 aromatic rings. The number of fused-ring (bicyclic) bond motifs is 1. The Balaban J connectivity index is 2.13. The minimum absolute atomic E-state index is 0.747. The maximum atomic E-state index is 5.63. The Morgan fingerprint density at radius 2 is 1.90 bits per heavy atom. The fourth-order valence-corrected chi connectivity index (χ4v) is 3.17. The smallest absolute Gasteiger partial charge is 0.0606 e. The van der Waals surface area contributed by atoms with Gasteiger partial charge in [-0.25, -0.2) is 0 Å². The van der Waals surface area contributed by atoms with E-state index in [1.807, 2.05) is 24.5 Å². The summed E-state index contributed by atoms with van der Waals surface area (Å²) in [5.74, 6) is 0. The summed E-state index contributed by atoms with van der Waals surface area (Å²) in [6.45, 7) is 0.747. The number of para-hydroxylation sites is 1. The second-order valence-electron chi connectivity index (χ2n) is 5.12. The maximum Gasteiger partial charge on any atom is 0.0606 e. The number of aromatic amines is 1. The zero-order valence-electron chi connectivity index (χ0n) is 11.8. The van der Waals surface area contributed by atoms with Crippen molar-refractivity contribution < 1.29 is 0 Å². The third kappa shape index (κ3) is 2.87. The summed E-state index contributed by atoms with van der Waals surface area (Å²) in [6.07, 6.45) is 6.86. The summed E-state index contributed by atoms with van der Waals surface area (Å²) >= 11 is 3.64. The van der Waals surface area contributed by atoms with Crippen LogP contribution in [0.1, 0.15) is 18.4 Å². The highest BCUT2D eigenvalue weighted by Crippen LogP contribution is 2.34. The van der Waals surface area contributed by atoms with Gasteiger partial charge in [0.2, 0.25) is 0 Å². The van der Waals surface area contributed by atoms with E-state index in [2.05, 4.69) is 44.1 Å². The molecule has 108 valence electrons. The van der Waals surface area contributed by atoms with Crippen LogP contribution in [0.25, 0.3) is 22.2 Å². The van der Waals surface area contributed by atoms with Gasteiger partial charge in [-0.15, -0.1) is 0 Å². The van der Waals surface area contributed by atoms with Crippen LogP contribution in [-0.4, -0.2) is 16.5 Å². The Bertz CT molecular complexity index is 734. The lowest BCUT2D eigenvalue weighted by molar-refractivity contribution is 0.748. The maximum absolute atomic E-state index is 5.63. The number of unbranched alkanes of at least 4 members (excludes halogenated alkanes) is 1. The van der Waals surface area contributed by atoms with E-state index in [0.29, 0.717) is 0 Å². The molecule has 4 heteroatoms. The van der Waals surface area contributed by atoms with E-state index < -0.39 is 0 Å². The molecule has 3 nitrogen and oxygen atoms in total. The number of nitrogens with two attached hydrogens (primary N) is 1. The summed E-state index contributed by atoms with van der Waals surface area (Å²) in [5, 5.41) is 1.29. The van der Waals surface area contributed by atoms with Crippen LogP contribution in [-0.2, 0) is 6.42 Å². The summed E-state index contributed by atoms with van der Waals surface area (Å²) in [4.78, 5) is 7.68. The Morgan fingerprint density at radius 1 is 1.10 bits per heavy atom. The molecule has 3 N–H and O–H groups in total. The first-order valence-electron chi connectivity index (χ1n) is 7.21. The molecule has 21 heavy (non-hydrogen) atoms. The highest BCUT2D eigenvalue weighted by Gasteiger charge is 2.14. The van der Waals surface area contributed by atoms with Gasteiger partial charge in [-0.1, -0.05) is 12.1 Å². The number of pyridine rings is 1. The Kier molecular flexibility index (Phi) is 4.36. The first-order chi connectivity index (χ1) is 10.3. The predicted octanol–water partition coefficient (Wildman–Crippen LogP) is 4.27. The molecular formula is C17H18BrN3. The van der Waals surface area contributed by atoms with E-state index in [1.165, 1.54) is 22.2 Å². The van der Waals surface area contributed by atoms with Crippen LogP contribution in [0.15, 0.2) is 47.2 Å². The molecular weight excluding hydrogens is 326 g/mol. The van der Waals surface area contributed by atoms with Gasteiger partial charge in [0.25, 0.3) is 0 Å². The minimum atomic E-state index is 0.747. The molecule has 0 saturated carbocycles. The van der Waals surface area contributed by atoms with Gasteiger partial charge in [-0.2, -0.15) is 0 Å². The summed E-state index contributed by atoms with van der Waals surface area (Å²) in [6, 6.07) is 10.4. The van der Waals surface area contributed by atoms with E-state index in [-0.39, 0.29) is 0 Å². The molecule has 0 fully saturated rings. The molecule has 0 unspecified atom stereocenters. The Hall–Kier alpha value is -1.65. The third-order valence-electron chi connectivity index (χ3n) is 3.74. The molecule has 0 aliphatic rings. The van der Waals surface area contributed by atoms with Crippen LogP contribution in [0.5, 0.6) is 0 Å². The molecule has 2 aromatic heterocycles. The molecule has 0 aliphatic carbocycles. The van der Waals surface area contributed by atoms with Gasteiger partial charge >= 0.3 is 0 Å². The standard InChI is InChI=1S/C17H18BrN3/c18-15-6-3-5-14-13(4-1-2-9-19)16(21-17(14)15)12-7-10-20-11-8-12/h3,5-8,10-11,21H,1-2,4,9,19H2. The topological polar surface area (TPSA) is 54.7 Å². The van der Waals surface area contributed by atoms with Gasteiger partial charge in [-0.3, -0.25) is 4.98 Å². The fraction of sp³-hybridized carbons (Fsp3) is 0.235. The van der Waals surface area contributed by atoms with Gasteiger partial charge in [-0.05, 0) is 65.5 Å². The van der Waals surface area contributed by atoms with Gasteiger partial charge in [0, 0.05) is 33.5 Å². The van der Waals surface area contributed by atoms with E-state index in [9.17, 15) is 0 Å². The van der Waals surface area contributed by atoms with Crippen molar-refractivity contribution in [2.75, 3.05) is 6.54 Å². The lowest BCUT2D eigenvalue weighted by Gasteiger charge is -2.04. The van der Waals surface area contributed by atoms with Crippen LogP contribution in [0.4, 0.5) is 0 Å². The van der Waals surface area contributed by atoms with Crippen molar-refractivity contribution in [3.05, 3.63) is 52.8 Å². The predicted molar refractivity (Wildman–Crippen MR) is 91.2 cm³/mol. The normalized spacial score (nSPS) is 11.1. The average Bonchev–Trinajstić information content (AvgIpc) is 2.89. The summed E-state index contributed by atoms with van der Waals surface area (Å²) < 4.78 is 1.10. The van der Waals surface area contributed by atoms with Crippen LogP contribution >= 0.6 is 15.9 Å². The van der Waals surface area contributed by atoms with E-state index >= 15 is 0 Å². The van der Waals surface area contributed by atoms with Gasteiger partial charge in [0.1, 0.15) is 0 Å². The van der Waals surface area contributed by atoms with Crippen molar-refractivity contribution in [2.24, 2.45) is 5.73 Å². The van der Waals surface area contributed by atoms with E-state index in [4.69, 9.17) is 5.73 Å². The first kappa shape index (κ1) is 14.3. The van der Waals surface area contributed by atoms with E-state index in [0.717, 1.165) is 35.8 Å². The Labute approximate surface area is 132 Å². The number of nitrogens with one attached hydrogen (secondary N) is 1. The van der Waals surface area contributed by atoms with Crippen molar-refractivity contribution in [2.45, 2.75) is 19.3 Å². The largest absolute Gasteiger partial charge is 0.353 e. The number of hydrogen-bond acceptors (Lipinski definition) is 2. The number of nitrogens with zero attached hydrogens (tertiary/aromatic N) is 1. The van der Waals surface area contributed by atoms with Gasteiger partial charge < -0.3 is 10.7 Å². The number of hydrogen-bond donors (Lipinski definition) is 2. The second kappa shape index (κ2) is 6.41. The molecule has 3 rings (SSSR count). The molecule has 0 radical (unpaired) electrons. The lowest BCUT2D eigenvalue weighted by Crippen LogP contribution is -1.99. The van der Waals surface area contributed by atoms with Crippen molar-refractivity contribution in [1.82, 2.24) is 9.97 Å². The number of H-pyrrole nitrogens is 1. The molecule has 0 amide bonds. The zero-order chi connectivity index (χ0) is 14.7. The van der Waals surface area contributed by atoms with Crippen molar-refractivity contribution in [3.63, 3.8) is 0 Å². The second-order valence-corrected chi connectivity index (χ2v) is 5.98. The number of aromatic nitrogens is 2. The number of halogens is 1. The lowest BCUT2D eigenvalue weighted by atomic mass is 10.0. The number of rotatable bonds is 5. The molecule has 0 bridgehead atoms. The highest BCUT2D eigenvalue weighted by atomic mass is 79.9. The molecule has 0 aliphatic heterocycles.